The van der Waals surface area contributed by atoms with Crippen LogP contribution in [-0.2, 0) is 15.6 Å². The van der Waals surface area contributed by atoms with Gasteiger partial charge in [-0.3, -0.25) is 0 Å². The van der Waals surface area contributed by atoms with E-state index in [0.29, 0.717) is 17.0 Å². The minimum Gasteiger partial charge on any atom is -0.493 e. The summed E-state index contributed by atoms with van der Waals surface area (Å²) in [7, 11) is -3.39. The lowest BCUT2D eigenvalue weighted by atomic mass is 10.2. The van der Waals surface area contributed by atoms with Gasteiger partial charge in [-0.2, -0.15) is 0 Å². The third kappa shape index (κ3) is 4.90. The van der Waals surface area contributed by atoms with E-state index in [1.54, 1.807) is 12.1 Å². The number of oxazole rings is 1. The van der Waals surface area contributed by atoms with Crippen molar-refractivity contribution in [3.63, 3.8) is 0 Å². The molecule has 2 aromatic carbocycles. The summed E-state index contributed by atoms with van der Waals surface area (Å²) in [5.74, 6) is 0.149. The maximum Gasteiger partial charge on any atom is 0.226 e. The number of halogens is 1. The third-order valence-electron chi connectivity index (χ3n) is 3.42. The second-order valence-electron chi connectivity index (χ2n) is 5.40. The van der Waals surface area contributed by atoms with E-state index >= 15 is 0 Å². The highest BCUT2D eigenvalue weighted by Gasteiger charge is 2.16. The summed E-state index contributed by atoms with van der Waals surface area (Å²) in [6.07, 6.45) is 1.30. The molecule has 0 saturated carbocycles. The summed E-state index contributed by atoms with van der Waals surface area (Å²) in [6.45, 7) is 0.0645. The van der Waals surface area contributed by atoms with E-state index in [1.165, 1.54) is 30.5 Å². The maximum atomic E-state index is 12.9. The molecule has 7 heteroatoms. The van der Waals surface area contributed by atoms with Crippen LogP contribution in [-0.4, -0.2) is 25.8 Å². The number of benzene rings is 2. The van der Waals surface area contributed by atoms with E-state index in [4.69, 9.17) is 9.15 Å². The van der Waals surface area contributed by atoms with Gasteiger partial charge in [0.1, 0.15) is 24.4 Å². The quantitative estimate of drug-likeness (QED) is 0.644. The molecule has 5 nitrogen and oxygen atoms in total. The summed E-state index contributed by atoms with van der Waals surface area (Å²) in [4.78, 5) is 4.15. The first-order valence-corrected chi connectivity index (χ1v) is 9.43. The molecule has 1 aromatic heterocycles. The van der Waals surface area contributed by atoms with Crippen molar-refractivity contribution < 1.29 is 22.0 Å². The van der Waals surface area contributed by atoms with Crippen LogP contribution in [0.15, 0.2) is 65.3 Å². The molecule has 0 radical (unpaired) electrons. The van der Waals surface area contributed by atoms with Crippen molar-refractivity contribution in [3.8, 4) is 17.2 Å². The van der Waals surface area contributed by atoms with Crippen LogP contribution in [0, 0.1) is 5.82 Å². The van der Waals surface area contributed by atoms with Crippen LogP contribution in [0.4, 0.5) is 4.39 Å². The van der Waals surface area contributed by atoms with Crippen molar-refractivity contribution in [2.24, 2.45) is 0 Å². The third-order valence-corrected chi connectivity index (χ3v) is 4.94. The molecule has 0 bridgehead atoms. The average molecular weight is 361 g/mol. The van der Waals surface area contributed by atoms with E-state index < -0.39 is 9.84 Å². The fraction of sp³-hybridized carbons (Fsp3) is 0.167. The molecule has 0 N–H and O–H groups in total. The Morgan fingerprint density at radius 2 is 1.76 bits per heavy atom. The fourth-order valence-electron chi connectivity index (χ4n) is 2.20. The lowest BCUT2D eigenvalue weighted by Gasteiger charge is -2.06. The molecular formula is C18H16FNO4S. The van der Waals surface area contributed by atoms with E-state index in [9.17, 15) is 12.8 Å². The molecule has 0 aliphatic heterocycles. The van der Waals surface area contributed by atoms with Gasteiger partial charge in [0, 0.05) is 5.56 Å². The SMILES string of the molecule is O=S(=O)(CCOc1ccccc1)Cc1coc(-c2ccc(F)cc2)n1. The predicted molar refractivity (Wildman–Crippen MR) is 91.3 cm³/mol. The number of nitrogens with zero attached hydrogens (tertiary/aromatic N) is 1. The summed E-state index contributed by atoms with van der Waals surface area (Å²) >= 11 is 0. The first-order chi connectivity index (χ1) is 12.0. The Hall–Kier alpha value is -2.67. The van der Waals surface area contributed by atoms with Gasteiger partial charge in [0.2, 0.25) is 5.89 Å². The summed E-state index contributed by atoms with van der Waals surface area (Å²) in [5, 5.41) is 0. The number of rotatable bonds is 7. The van der Waals surface area contributed by atoms with E-state index in [1.807, 2.05) is 18.2 Å². The summed E-state index contributed by atoms with van der Waals surface area (Å²) in [5.41, 5.74) is 0.886. The number of para-hydroxylation sites is 1. The smallest absolute Gasteiger partial charge is 0.226 e. The molecule has 0 aliphatic carbocycles. The van der Waals surface area contributed by atoms with Crippen molar-refractivity contribution >= 4 is 9.84 Å². The first kappa shape index (κ1) is 17.2. The molecule has 1 heterocycles. The van der Waals surface area contributed by atoms with Crippen LogP contribution in [0.3, 0.4) is 0 Å². The predicted octanol–water partition coefficient (Wildman–Crippen LogP) is 3.47. The summed E-state index contributed by atoms with van der Waals surface area (Å²) < 4.78 is 48.0. The molecular weight excluding hydrogens is 345 g/mol. The van der Waals surface area contributed by atoms with Gasteiger partial charge in [0.15, 0.2) is 9.84 Å². The second-order valence-corrected chi connectivity index (χ2v) is 7.59. The molecule has 0 amide bonds. The highest BCUT2D eigenvalue weighted by atomic mass is 32.2. The van der Waals surface area contributed by atoms with Crippen LogP contribution < -0.4 is 4.74 Å². The Balaban J connectivity index is 1.58. The highest BCUT2D eigenvalue weighted by molar-refractivity contribution is 7.90. The minimum absolute atomic E-state index is 0.0645. The standard InChI is InChI=1S/C18H16FNO4S/c19-15-8-6-14(7-9-15)18-20-16(12-24-18)13-25(21,22)11-10-23-17-4-2-1-3-5-17/h1-9,12H,10-11,13H2. The number of aromatic nitrogens is 1. The minimum atomic E-state index is -3.39. The van der Waals surface area contributed by atoms with E-state index in [-0.39, 0.29) is 29.8 Å². The zero-order valence-corrected chi connectivity index (χ0v) is 14.1. The Morgan fingerprint density at radius 3 is 2.48 bits per heavy atom. The Bertz CT molecular complexity index is 921. The highest BCUT2D eigenvalue weighted by Crippen LogP contribution is 2.20. The summed E-state index contributed by atoms with van der Waals surface area (Å²) in [6, 6.07) is 14.6. The van der Waals surface area contributed by atoms with Gasteiger partial charge >= 0.3 is 0 Å². The topological polar surface area (TPSA) is 69.4 Å². The molecule has 0 atom stereocenters. The van der Waals surface area contributed by atoms with Crippen molar-refractivity contribution in [2.45, 2.75) is 5.75 Å². The lowest BCUT2D eigenvalue weighted by Crippen LogP contribution is -2.16. The second kappa shape index (κ2) is 7.48. The van der Waals surface area contributed by atoms with E-state index in [2.05, 4.69) is 4.98 Å². The van der Waals surface area contributed by atoms with Crippen LogP contribution >= 0.6 is 0 Å². The van der Waals surface area contributed by atoms with Gasteiger partial charge in [-0.1, -0.05) is 18.2 Å². The zero-order chi connectivity index (χ0) is 17.7. The van der Waals surface area contributed by atoms with Crippen LogP contribution in [0.1, 0.15) is 5.69 Å². The molecule has 3 rings (SSSR count). The molecule has 130 valence electrons. The number of sulfone groups is 1. The van der Waals surface area contributed by atoms with E-state index in [0.717, 1.165) is 0 Å². The van der Waals surface area contributed by atoms with Gasteiger partial charge in [-0.25, -0.2) is 17.8 Å². The Kier molecular flexibility index (Phi) is 5.14. The lowest BCUT2D eigenvalue weighted by molar-refractivity contribution is 0.341. The maximum absolute atomic E-state index is 12.9. The van der Waals surface area contributed by atoms with Gasteiger partial charge in [-0.15, -0.1) is 0 Å². The van der Waals surface area contributed by atoms with Gasteiger partial charge in [0.25, 0.3) is 0 Å². The van der Waals surface area contributed by atoms with Crippen molar-refractivity contribution in [2.75, 3.05) is 12.4 Å². The number of ether oxygens (including phenoxy) is 1. The van der Waals surface area contributed by atoms with Crippen molar-refractivity contribution in [1.29, 1.82) is 0 Å². The number of hydrogen-bond acceptors (Lipinski definition) is 5. The Morgan fingerprint density at radius 1 is 1.04 bits per heavy atom. The van der Waals surface area contributed by atoms with Gasteiger partial charge in [0.05, 0.1) is 17.2 Å². The molecule has 3 aromatic rings. The van der Waals surface area contributed by atoms with Crippen molar-refractivity contribution in [1.82, 2.24) is 4.98 Å². The van der Waals surface area contributed by atoms with Gasteiger partial charge < -0.3 is 9.15 Å². The Labute approximate surface area is 145 Å². The zero-order valence-electron chi connectivity index (χ0n) is 13.3. The first-order valence-electron chi connectivity index (χ1n) is 7.60. The molecule has 0 fully saturated rings. The van der Waals surface area contributed by atoms with Crippen molar-refractivity contribution in [3.05, 3.63) is 72.4 Å². The van der Waals surface area contributed by atoms with Crippen LogP contribution in [0.5, 0.6) is 5.75 Å². The molecule has 0 spiro atoms. The van der Waals surface area contributed by atoms with Crippen LogP contribution in [0.25, 0.3) is 11.5 Å². The largest absolute Gasteiger partial charge is 0.493 e. The normalized spacial score (nSPS) is 11.4. The molecule has 0 aliphatic rings. The monoisotopic (exact) mass is 361 g/mol. The molecule has 25 heavy (non-hydrogen) atoms. The molecule has 0 saturated heterocycles. The fourth-order valence-corrected chi connectivity index (χ4v) is 3.26. The van der Waals surface area contributed by atoms with Crippen LogP contribution in [0.2, 0.25) is 0 Å². The number of hydrogen-bond donors (Lipinski definition) is 0. The van der Waals surface area contributed by atoms with Gasteiger partial charge in [-0.05, 0) is 36.4 Å². The molecule has 0 unspecified atom stereocenters. The average Bonchev–Trinajstić information content (AvgIpc) is 3.04.